The maximum atomic E-state index is 12.8. The third-order valence-electron chi connectivity index (χ3n) is 8.28. The Labute approximate surface area is 211 Å². The first kappa shape index (κ1) is 25.7. The molecule has 2 bridgehead atoms. The summed E-state index contributed by atoms with van der Waals surface area (Å²) in [4.78, 5) is 17.6. The van der Waals surface area contributed by atoms with E-state index in [4.69, 9.17) is 0 Å². The van der Waals surface area contributed by atoms with Crippen molar-refractivity contribution in [3.63, 3.8) is 0 Å². The van der Waals surface area contributed by atoms with E-state index in [0.29, 0.717) is 24.1 Å². The number of likely N-dealkylation sites (tertiary alicyclic amines) is 1. The molecule has 1 saturated heterocycles. The largest absolute Gasteiger partial charge is 0.508 e. The predicted octanol–water partition coefficient (Wildman–Crippen LogP) is 4.59. The van der Waals surface area contributed by atoms with Gasteiger partial charge in [-0.2, -0.15) is 0 Å². The number of hydrogen-bond acceptors (Lipinski definition) is 4. The lowest BCUT2D eigenvalue weighted by atomic mass is 9.57. The highest BCUT2D eigenvalue weighted by Gasteiger charge is 2.51. The standard InChI is InChI=1S/C30H43N3O2/c1-23-22-33(17-8-12-24-10-5-4-6-11-24)27-19-26(31-29(35)15-9-16-32(2)3)20-30(23,21-27)25-13-7-14-28(34)18-25/h4-7,10-11,13-14,18,23,26-27,34H,8-9,12,15-17,19-22H2,1-3H3,(H,31,35). The molecule has 1 saturated carbocycles. The molecular formula is C30H43N3O2. The zero-order valence-corrected chi connectivity index (χ0v) is 21.7. The van der Waals surface area contributed by atoms with Gasteiger partial charge in [0, 0.05) is 30.5 Å². The van der Waals surface area contributed by atoms with Crippen molar-refractivity contribution < 1.29 is 9.90 Å². The summed E-state index contributed by atoms with van der Waals surface area (Å²) in [6.45, 7) is 5.45. The molecule has 4 unspecified atom stereocenters. The molecule has 1 amide bonds. The third-order valence-corrected chi connectivity index (χ3v) is 8.28. The number of benzene rings is 2. The van der Waals surface area contributed by atoms with Crippen LogP contribution in [-0.2, 0) is 16.6 Å². The maximum Gasteiger partial charge on any atom is 0.220 e. The van der Waals surface area contributed by atoms with Gasteiger partial charge in [-0.3, -0.25) is 9.69 Å². The second-order valence-corrected chi connectivity index (χ2v) is 11.2. The number of nitrogens with zero attached hydrogens (tertiary/aromatic N) is 2. The Morgan fingerprint density at radius 2 is 1.91 bits per heavy atom. The minimum Gasteiger partial charge on any atom is -0.508 e. The first-order valence-electron chi connectivity index (χ1n) is 13.4. The summed E-state index contributed by atoms with van der Waals surface area (Å²) in [7, 11) is 4.10. The Bertz CT molecular complexity index is 963. The molecule has 2 aromatic carbocycles. The molecule has 2 fully saturated rings. The summed E-state index contributed by atoms with van der Waals surface area (Å²) in [5, 5.41) is 13.7. The molecular weight excluding hydrogens is 434 g/mol. The van der Waals surface area contributed by atoms with E-state index in [1.165, 1.54) is 11.1 Å². The Kier molecular flexibility index (Phi) is 8.51. The quantitative estimate of drug-likeness (QED) is 0.525. The van der Waals surface area contributed by atoms with Crippen LogP contribution in [0.15, 0.2) is 54.6 Å². The van der Waals surface area contributed by atoms with E-state index in [0.717, 1.165) is 58.2 Å². The van der Waals surface area contributed by atoms with Crippen LogP contribution < -0.4 is 5.32 Å². The fourth-order valence-electron chi connectivity index (χ4n) is 6.50. The van der Waals surface area contributed by atoms with Crippen molar-refractivity contribution in [2.45, 2.75) is 69.4 Å². The van der Waals surface area contributed by atoms with E-state index in [1.54, 1.807) is 6.07 Å². The van der Waals surface area contributed by atoms with Gasteiger partial charge in [-0.25, -0.2) is 0 Å². The van der Waals surface area contributed by atoms with Crippen molar-refractivity contribution in [3.8, 4) is 5.75 Å². The van der Waals surface area contributed by atoms with Crippen molar-refractivity contribution in [1.82, 2.24) is 15.1 Å². The van der Waals surface area contributed by atoms with Gasteiger partial charge in [-0.1, -0.05) is 49.4 Å². The number of aromatic hydroxyl groups is 1. The molecule has 1 heterocycles. The van der Waals surface area contributed by atoms with E-state index in [2.05, 4.69) is 58.4 Å². The van der Waals surface area contributed by atoms with Crippen LogP contribution in [0.2, 0.25) is 0 Å². The average molecular weight is 478 g/mol. The normalized spacial score (nSPS) is 26.6. The number of nitrogens with one attached hydrogen (secondary N) is 1. The average Bonchev–Trinajstić information content (AvgIpc) is 2.82. The predicted molar refractivity (Wildman–Crippen MR) is 143 cm³/mol. The zero-order valence-electron chi connectivity index (χ0n) is 21.7. The molecule has 1 aliphatic carbocycles. The molecule has 2 aromatic rings. The lowest BCUT2D eigenvalue weighted by molar-refractivity contribution is -0.123. The van der Waals surface area contributed by atoms with Crippen LogP contribution in [0.5, 0.6) is 5.75 Å². The number of aryl methyl sites for hydroxylation is 1. The molecule has 5 nitrogen and oxygen atoms in total. The third kappa shape index (κ3) is 6.45. The number of fused-ring (bicyclic) bond motifs is 2. The van der Waals surface area contributed by atoms with Gasteiger partial charge < -0.3 is 15.3 Å². The Morgan fingerprint density at radius 3 is 2.66 bits per heavy atom. The van der Waals surface area contributed by atoms with Crippen LogP contribution in [0, 0.1) is 5.92 Å². The zero-order chi connectivity index (χ0) is 24.8. The summed E-state index contributed by atoms with van der Waals surface area (Å²) in [6, 6.07) is 19.2. The second kappa shape index (κ2) is 11.6. The van der Waals surface area contributed by atoms with E-state index in [9.17, 15) is 9.90 Å². The monoisotopic (exact) mass is 477 g/mol. The number of carbonyl (C=O) groups excluding carboxylic acids is 1. The number of piperidine rings is 1. The van der Waals surface area contributed by atoms with Gasteiger partial charge in [0.1, 0.15) is 5.75 Å². The molecule has 1 aliphatic heterocycles. The molecule has 4 atom stereocenters. The molecule has 0 aromatic heterocycles. The molecule has 0 spiro atoms. The van der Waals surface area contributed by atoms with Gasteiger partial charge in [-0.15, -0.1) is 0 Å². The van der Waals surface area contributed by atoms with Crippen LogP contribution in [0.3, 0.4) is 0 Å². The lowest BCUT2D eigenvalue weighted by Gasteiger charge is -2.56. The fourth-order valence-corrected chi connectivity index (χ4v) is 6.50. The number of phenolic OH excluding ortho intramolecular Hbond substituents is 1. The summed E-state index contributed by atoms with van der Waals surface area (Å²) >= 11 is 0. The van der Waals surface area contributed by atoms with Gasteiger partial charge in [0.05, 0.1) is 0 Å². The number of rotatable bonds is 10. The number of amides is 1. The SMILES string of the molecule is CC1CN(CCCc2ccccc2)C2CC(NC(=O)CCCN(C)C)CC1(c1cccc(O)c1)C2. The smallest absolute Gasteiger partial charge is 0.220 e. The van der Waals surface area contributed by atoms with Crippen molar-refractivity contribution in [2.75, 3.05) is 33.7 Å². The van der Waals surface area contributed by atoms with Crippen molar-refractivity contribution >= 4 is 5.91 Å². The summed E-state index contributed by atoms with van der Waals surface area (Å²) < 4.78 is 0. The molecule has 190 valence electrons. The Balaban J connectivity index is 1.48. The van der Waals surface area contributed by atoms with Gasteiger partial charge in [0.15, 0.2) is 0 Å². The Hall–Kier alpha value is -2.37. The molecule has 2 aliphatic rings. The maximum absolute atomic E-state index is 12.8. The summed E-state index contributed by atoms with van der Waals surface area (Å²) in [5.41, 5.74) is 2.61. The van der Waals surface area contributed by atoms with E-state index < -0.39 is 0 Å². The molecule has 0 radical (unpaired) electrons. The van der Waals surface area contributed by atoms with Crippen LogP contribution in [0.4, 0.5) is 0 Å². The van der Waals surface area contributed by atoms with Crippen LogP contribution in [-0.4, -0.2) is 66.6 Å². The van der Waals surface area contributed by atoms with Gasteiger partial charge in [0.25, 0.3) is 0 Å². The minimum atomic E-state index is -0.0147. The van der Waals surface area contributed by atoms with Crippen LogP contribution in [0.1, 0.15) is 56.6 Å². The minimum absolute atomic E-state index is 0.0147. The van der Waals surface area contributed by atoms with Gasteiger partial charge in [0.2, 0.25) is 5.91 Å². The van der Waals surface area contributed by atoms with Crippen LogP contribution in [0.25, 0.3) is 0 Å². The summed E-state index contributed by atoms with van der Waals surface area (Å²) in [5.74, 6) is 0.956. The second-order valence-electron chi connectivity index (χ2n) is 11.2. The van der Waals surface area contributed by atoms with E-state index >= 15 is 0 Å². The molecule has 2 N–H and O–H groups in total. The van der Waals surface area contributed by atoms with Gasteiger partial charge >= 0.3 is 0 Å². The summed E-state index contributed by atoms with van der Waals surface area (Å²) in [6.07, 6.45) is 6.76. The van der Waals surface area contributed by atoms with E-state index in [1.807, 2.05) is 26.2 Å². The van der Waals surface area contributed by atoms with Crippen molar-refractivity contribution in [1.29, 1.82) is 0 Å². The number of carbonyl (C=O) groups is 1. The fraction of sp³-hybridized carbons (Fsp3) is 0.567. The number of hydrogen-bond donors (Lipinski definition) is 2. The van der Waals surface area contributed by atoms with Crippen LogP contribution >= 0.6 is 0 Å². The number of phenols is 1. The highest BCUT2D eigenvalue weighted by Crippen LogP contribution is 2.50. The lowest BCUT2D eigenvalue weighted by Crippen LogP contribution is -2.61. The van der Waals surface area contributed by atoms with Gasteiger partial charge in [-0.05, 0) is 94.9 Å². The highest BCUT2D eigenvalue weighted by molar-refractivity contribution is 5.76. The first-order valence-corrected chi connectivity index (χ1v) is 13.4. The topological polar surface area (TPSA) is 55.8 Å². The molecule has 4 rings (SSSR count). The molecule has 35 heavy (non-hydrogen) atoms. The Morgan fingerprint density at radius 1 is 1.11 bits per heavy atom. The van der Waals surface area contributed by atoms with Crippen molar-refractivity contribution in [2.24, 2.45) is 5.92 Å². The van der Waals surface area contributed by atoms with Crippen molar-refractivity contribution in [3.05, 3.63) is 65.7 Å². The highest BCUT2D eigenvalue weighted by atomic mass is 16.3. The van der Waals surface area contributed by atoms with E-state index in [-0.39, 0.29) is 17.4 Å². The molecule has 5 heteroatoms. The first-order chi connectivity index (χ1) is 16.9.